The van der Waals surface area contributed by atoms with Crippen molar-refractivity contribution in [3.05, 3.63) is 51.3 Å². The van der Waals surface area contributed by atoms with E-state index >= 15 is 0 Å². The van der Waals surface area contributed by atoms with E-state index in [-0.39, 0.29) is 19.3 Å². The highest BCUT2D eigenvalue weighted by atomic mass is 16.6. The predicted molar refractivity (Wildman–Crippen MR) is 78.6 cm³/mol. The van der Waals surface area contributed by atoms with Crippen LogP contribution in [0.3, 0.4) is 0 Å². The first-order valence-electron chi connectivity index (χ1n) is 7.45. The molecule has 1 aromatic heterocycles. The summed E-state index contributed by atoms with van der Waals surface area (Å²) in [6.45, 7) is 2.15. The summed E-state index contributed by atoms with van der Waals surface area (Å²) in [5.41, 5.74) is -0.577. The number of aromatic nitrogens is 3. The van der Waals surface area contributed by atoms with Gasteiger partial charge in [0.25, 0.3) is 0 Å². The van der Waals surface area contributed by atoms with E-state index < -0.39 is 29.5 Å². The molecule has 2 aliphatic rings. The molecule has 0 N–H and O–H groups in total. The molecule has 0 amide bonds. The number of carbonyl (C=O) groups excluding carboxylic acids is 1. The first kappa shape index (κ1) is 14.0. The smallest absolute Gasteiger partial charge is 0.352 e. The molecule has 8 nitrogen and oxygen atoms in total. The van der Waals surface area contributed by atoms with E-state index in [9.17, 15) is 14.4 Å². The first-order chi connectivity index (χ1) is 11.1. The van der Waals surface area contributed by atoms with Crippen molar-refractivity contribution in [2.24, 2.45) is 0 Å². The molecule has 0 aliphatic carbocycles. The summed E-state index contributed by atoms with van der Waals surface area (Å²) in [7, 11) is 0. The van der Waals surface area contributed by atoms with Crippen LogP contribution >= 0.6 is 0 Å². The molecule has 1 fully saturated rings. The van der Waals surface area contributed by atoms with Gasteiger partial charge in [0.1, 0.15) is 12.2 Å². The minimum Gasteiger partial charge on any atom is -0.464 e. The van der Waals surface area contributed by atoms with Crippen molar-refractivity contribution >= 4 is 5.97 Å². The largest absolute Gasteiger partial charge is 0.464 e. The number of hydrogen-bond donors (Lipinski definition) is 0. The lowest BCUT2D eigenvalue weighted by molar-refractivity contribution is -0.148. The number of benzene rings is 1. The molecule has 8 heteroatoms. The van der Waals surface area contributed by atoms with Crippen LogP contribution in [0.5, 0.6) is 0 Å². The van der Waals surface area contributed by atoms with E-state index in [4.69, 9.17) is 9.47 Å². The number of para-hydroxylation sites is 1. The molecule has 4 rings (SSSR count). The summed E-state index contributed by atoms with van der Waals surface area (Å²) in [5.74, 6) is -0.555. The molecule has 3 heterocycles. The summed E-state index contributed by atoms with van der Waals surface area (Å²) in [6, 6.07) is 7.71. The van der Waals surface area contributed by atoms with Crippen molar-refractivity contribution in [3.8, 4) is 5.69 Å². The number of carbonyl (C=O) groups is 1. The van der Waals surface area contributed by atoms with E-state index in [1.165, 1.54) is 9.36 Å². The molecule has 2 aliphatic heterocycles. The van der Waals surface area contributed by atoms with Crippen molar-refractivity contribution in [3.63, 3.8) is 0 Å². The fraction of sp³-hybridized carbons (Fsp3) is 0.400. The van der Waals surface area contributed by atoms with Crippen LogP contribution in [0.25, 0.3) is 5.69 Å². The summed E-state index contributed by atoms with van der Waals surface area (Å²) < 4.78 is 14.0. The zero-order chi connectivity index (χ0) is 16.1. The third-order valence-corrected chi connectivity index (χ3v) is 4.15. The Labute approximate surface area is 130 Å². The molecule has 2 aromatic rings. The number of fused-ring (bicyclic) bond motifs is 2. The number of hydrogen-bond acceptors (Lipinski definition) is 5. The molecule has 0 spiro atoms. The molecule has 0 bridgehead atoms. The SMILES string of the molecule is CCOC(=O)[C@H]1[C@@H]2O[C@@H]2Cn2c(=O)n(-c3ccccc3)c(=O)n21. The normalized spacial score (nSPS) is 24.7. The quantitative estimate of drug-likeness (QED) is 0.572. The topological polar surface area (TPSA) is 87.8 Å². The highest BCUT2D eigenvalue weighted by Crippen LogP contribution is 2.37. The Morgan fingerprint density at radius 3 is 2.70 bits per heavy atom. The van der Waals surface area contributed by atoms with Gasteiger partial charge in [-0.1, -0.05) is 18.2 Å². The zero-order valence-electron chi connectivity index (χ0n) is 12.4. The van der Waals surface area contributed by atoms with E-state index in [0.717, 1.165) is 4.57 Å². The number of ether oxygens (including phenoxy) is 2. The van der Waals surface area contributed by atoms with Crippen LogP contribution in [-0.2, 0) is 20.8 Å². The molecule has 0 saturated carbocycles. The average Bonchev–Trinajstić information content (AvgIpc) is 3.28. The molecule has 1 aromatic carbocycles. The number of esters is 1. The van der Waals surface area contributed by atoms with Crippen LogP contribution in [0, 0.1) is 0 Å². The van der Waals surface area contributed by atoms with Crippen molar-refractivity contribution in [1.82, 2.24) is 13.9 Å². The number of epoxide rings is 1. The van der Waals surface area contributed by atoms with Gasteiger partial charge in [-0.2, -0.15) is 0 Å². The fourth-order valence-corrected chi connectivity index (χ4v) is 3.08. The fourth-order valence-electron chi connectivity index (χ4n) is 3.08. The molecule has 1 saturated heterocycles. The lowest BCUT2D eigenvalue weighted by Gasteiger charge is -2.20. The molecular formula is C15H15N3O5. The van der Waals surface area contributed by atoms with E-state index in [2.05, 4.69) is 0 Å². The predicted octanol–water partition coefficient (Wildman–Crippen LogP) is -0.314. The zero-order valence-corrected chi connectivity index (χ0v) is 12.4. The Morgan fingerprint density at radius 2 is 2.00 bits per heavy atom. The maximum Gasteiger partial charge on any atom is 0.352 e. The van der Waals surface area contributed by atoms with Gasteiger partial charge >= 0.3 is 17.3 Å². The Kier molecular flexibility index (Phi) is 3.02. The van der Waals surface area contributed by atoms with Crippen LogP contribution in [0.2, 0.25) is 0 Å². The minimum atomic E-state index is -0.918. The summed E-state index contributed by atoms with van der Waals surface area (Å²) in [6.07, 6.45) is -0.633. The first-order valence-corrected chi connectivity index (χ1v) is 7.45. The van der Waals surface area contributed by atoms with Crippen LogP contribution in [0.4, 0.5) is 0 Å². The van der Waals surface area contributed by atoms with Crippen molar-refractivity contribution in [1.29, 1.82) is 0 Å². The lowest BCUT2D eigenvalue weighted by atomic mass is 10.1. The van der Waals surface area contributed by atoms with Gasteiger partial charge in [0.15, 0.2) is 6.04 Å². The van der Waals surface area contributed by atoms with Gasteiger partial charge in [-0.3, -0.25) is 0 Å². The Balaban J connectivity index is 1.90. The van der Waals surface area contributed by atoms with Crippen LogP contribution in [0.15, 0.2) is 39.9 Å². The third kappa shape index (κ3) is 1.98. The van der Waals surface area contributed by atoms with Gasteiger partial charge in [0.2, 0.25) is 0 Å². The molecule has 3 atom stereocenters. The van der Waals surface area contributed by atoms with Gasteiger partial charge in [0, 0.05) is 0 Å². The minimum absolute atomic E-state index is 0.200. The molecule has 23 heavy (non-hydrogen) atoms. The summed E-state index contributed by atoms with van der Waals surface area (Å²) >= 11 is 0. The molecule has 0 unspecified atom stereocenters. The Hall–Kier alpha value is -2.61. The van der Waals surface area contributed by atoms with Crippen LogP contribution in [0.1, 0.15) is 13.0 Å². The van der Waals surface area contributed by atoms with Gasteiger partial charge in [0.05, 0.1) is 18.8 Å². The van der Waals surface area contributed by atoms with Crippen molar-refractivity contribution in [2.45, 2.75) is 31.7 Å². The van der Waals surface area contributed by atoms with Gasteiger partial charge in [-0.05, 0) is 19.1 Å². The van der Waals surface area contributed by atoms with Crippen LogP contribution < -0.4 is 11.4 Å². The molecular weight excluding hydrogens is 302 g/mol. The van der Waals surface area contributed by atoms with Crippen molar-refractivity contribution in [2.75, 3.05) is 6.61 Å². The second-order valence-electron chi connectivity index (χ2n) is 5.50. The highest BCUT2D eigenvalue weighted by molar-refractivity contribution is 5.75. The maximum atomic E-state index is 12.8. The number of rotatable bonds is 3. The standard InChI is InChI=1S/C15H15N3O5/c1-2-22-13(19)11-12-10(23-12)8-16-14(20)17(15(21)18(11)16)9-6-4-3-5-7-9/h3-7,10-12H,2,8H2,1H3/t10-,11-,12-/m1/s1. The maximum absolute atomic E-state index is 12.8. The lowest BCUT2D eigenvalue weighted by Crippen LogP contribution is -2.43. The van der Waals surface area contributed by atoms with E-state index in [1.807, 2.05) is 0 Å². The Bertz CT molecular complexity index is 879. The summed E-state index contributed by atoms with van der Waals surface area (Å²) in [5, 5.41) is 0. The highest BCUT2D eigenvalue weighted by Gasteiger charge is 2.55. The monoisotopic (exact) mass is 317 g/mol. The second kappa shape index (κ2) is 4.95. The summed E-state index contributed by atoms with van der Waals surface area (Å²) in [4.78, 5) is 37.6. The third-order valence-electron chi connectivity index (χ3n) is 4.15. The molecule has 0 radical (unpaired) electrons. The number of nitrogens with zero attached hydrogens (tertiary/aromatic N) is 3. The van der Waals surface area contributed by atoms with Gasteiger partial charge in [-0.15, -0.1) is 0 Å². The van der Waals surface area contributed by atoms with Gasteiger partial charge < -0.3 is 9.47 Å². The van der Waals surface area contributed by atoms with E-state index in [1.54, 1.807) is 37.3 Å². The van der Waals surface area contributed by atoms with Gasteiger partial charge in [-0.25, -0.2) is 28.3 Å². The second-order valence-corrected chi connectivity index (χ2v) is 5.50. The molecule has 120 valence electrons. The van der Waals surface area contributed by atoms with E-state index in [0.29, 0.717) is 5.69 Å². The van der Waals surface area contributed by atoms with Crippen molar-refractivity contribution < 1.29 is 14.3 Å². The Morgan fingerprint density at radius 1 is 1.26 bits per heavy atom. The average molecular weight is 317 g/mol. The van der Waals surface area contributed by atoms with Crippen LogP contribution in [-0.4, -0.2) is 38.7 Å².